The molecule has 0 radical (unpaired) electrons. The molecule has 0 aromatic carbocycles. The lowest BCUT2D eigenvalue weighted by Gasteiger charge is -2.15. The van der Waals surface area contributed by atoms with E-state index in [-0.39, 0.29) is 13.2 Å². The van der Waals surface area contributed by atoms with Crippen LogP contribution in [0.2, 0.25) is 0 Å². The van der Waals surface area contributed by atoms with Gasteiger partial charge in [-0.15, -0.1) is 0 Å². The number of carbonyl (C=O) groups is 2. The van der Waals surface area contributed by atoms with Gasteiger partial charge in [0, 0.05) is 6.42 Å². The molecule has 0 saturated heterocycles. The van der Waals surface area contributed by atoms with Gasteiger partial charge in [-0.05, 0) is 20.3 Å². The standard InChI is InChI=1S/C10H15F3O4/c1-3-16-8(14)7(9(15)17-4-2)5-6-10(11,12)13/h7H,3-6H2,1-2H3. The number of halogens is 3. The monoisotopic (exact) mass is 256 g/mol. The molecule has 0 atom stereocenters. The van der Waals surface area contributed by atoms with Crippen LogP contribution in [0.25, 0.3) is 0 Å². The first-order valence-electron chi connectivity index (χ1n) is 5.21. The van der Waals surface area contributed by atoms with Gasteiger partial charge in [-0.1, -0.05) is 0 Å². The van der Waals surface area contributed by atoms with Crippen LogP contribution in [0.4, 0.5) is 13.2 Å². The summed E-state index contributed by atoms with van der Waals surface area (Å²) in [4.78, 5) is 22.6. The number of rotatable bonds is 6. The minimum Gasteiger partial charge on any atom is -0.465 e. The molecule has 0 aliphatic heterocycles. The van der Waals surface area contributed by atoms with Gasteiger partial charge in [0.2, 0.25) is 0 Å². The van der Waals surface area contributed by atoms with E-state index in [1.54, 1.807) is 0 Å². The molecule has 0 fully saturated rings. The summed E-state index contributed by atoms with van der Waals surface area (Å²) in [5, 5.41) is 0. The molecule has 17 heavy (non-hydrogen) atoms. The van der Waals surface area contributed by atoms with Crippen molar-refractivity contribution in [3.63, 3.8) is 0 Å². The van der Waals surface area contributed by atoms with E-state index < -0.39 is 36.9 Å². The SMILES string of the molecule is CCOC(=O)C(CCC(F)(F)F)C(=O)OCC. The maximum Gasteiger partial charge on any atom is 0.389 e. The molecule has 7 heteroatoms. The minimum atomic E-state index is -4.42. The predicted octanol–water partition coefficient (Wildman–Crippen LogP) is 2.07. The molecule has 0 amide bonds. The van der Waals surface area contributed by atoms with Crippen molar-refractivity contribution in [3.8, 4) is 0 Å². The first-order valence-corrected chi connectivity index (χ1v) is 5.21. The number of carbonyl (C=O) groups excluding carboxylic acids is 2. The van der Waals surface area contributed by atoms with E-state index in [1.165, 1.54) is 13.8 Å². The van der Waals surface area contributed by atoms with Gasteiger partial charge in [-0.2, -0.15) is 13.2 Å². The van der Waals surface area contributed by atoms with E-state index in [1.807, 2.05) is 0 Å². The number of alkyl halides is 3. The second-order valence-electron chi connectivity index (χ2n) is 3.21. The fourth-order valence-corrected chi connectivity index (χ4v) is 1.13. The predicted molar refractivity (Wildman–Crippen MR) is 52.0 cm³/mol. The van der Waals surface area contributed by atoms with Crippen molar-refractivity contribution in [2.75, 3.05) is 13.2 Å². The van der Waals surface area contributed by atoms with Crippen molar-refractivity contribution in [1.82, 2.24) is 0 Å². The van der Waals surface area contributed by atoms with Crippen molar-refractivity contribution in [2.24, 2.45) is 5.92 Å². The number of esters is 2. The molecule has 0 aliphatic rings. The second kappa shape index (κ2) is 7.13. The van der Waals surface area contributed by atoms with Gasteiger partial charge < -0.3 is 9.47 Å². The fraction of sp³-hybridized carbons (Fsp3) is 0.800. The van der Waals surface area contributed by atoms with E-state index in [9.17, 15) is 22.8 Å². The Morgan fingerprint density at radius 3 is 1.76 bits per heavy atom. The van der Waals surface area contributed by atoms with Crippen molar-refractivity contribution >= 4 is 11.9 Å². The summed E-state index contributed by atoms with van der Waals surface area (Å²) in [5.41, 5.74) is 0. The molecular formula is C10H15F3O4. The summed E-state index contributed by atoms with van der Waals surface area (Å²) in [6.07, 6.45) is -6.30. The average Bonchev–Trinajstić information content (AvgIpc) is 2.16. The van der Waals surface area contributed by atoms with Crippen LogP contribution in [0.15, 0.2) is 0 Å². The summed E-state index contributed by atoms with van der Waals surface area (Å²) in [5.74, 6) is -3.46. The van der Waals surface area contributed by atoms with Crippen LogP contribution in [0.1, 0.15) is 26.7 Å². The zero-order chi connectivity index (χ0) is 13.5. The maximum absolute atomic E-state index is 12.0. The molecule has 0 rings (SSSR count). The minimum absolute atomic E-state index is 0.000750. The van der Waals surface area contributed by atoms with Crippen molar-refractivity contribution in [2.45, 2.75) is 32.9 Å². The van der Waals surface area contributed by atoms with Crippen LogP contribution in [0.5, 0.6) is 0 Å². The fourth-order valence-electron chi connectivity index (χ4n) is 1.13. The van der Waals surface area contributed by atoms with Crippen LogP contribution in [0.3, 0.4) is 0 Å². The molecule has 0 saturated carbocycles. The summed E-state index contributed by atoms with van der Waals surface area (Å²) in [6, 6.07) is 0. The first-order chi connectivity index (χ1) is 7.81. The molecule has 0 spiro atoms. The smallest absolute Gasteiger partial charge is 0.389 e. The van der Waals surface area contributed by atoms with Crippen molar-refractivity contribution < 1.29 is 32.2 Å². The second-order valence-corrected chi connectivity index (χ2v) is 3.21. The third-order valence-electron chi connectivity index (χ3n) is 1.86. The quantitative estimate of drug-likeness (QED) is 0.539. The van der Waals surface area contributed by atoms with Crippen LogP contribution in [-0.4, -0.2) is 31.3 Å². The number of hydrogen-bond donors (Lipinski definition) is 0. The van der Waals surface area contributed by atoms with E-state index in [2.05, 4.69) is 9.47 Å². The molecule has 0 aromatic rings. The highest BCUT2D eigenvalue weighted by molar-refractivity contribution is 5.94. The Labute approximate surface area is 97.1 Å². The first kappa shape index (κ1) is 15.7. The van der Waals surface area contributed by atoms with Gasteiger partial charge in [0.25, 0.3) is 0 Å². The van der Waals surface area contributed by atoms with E-state index >= 15 is 0 Å². The molecule has 0 aliphatic carbocycles. The zero-order valence-corrected chi connectivity index (χ0v) is 9.67. The molecule has 0 unspecified atom stereocenters. The van der Waals surface area contributed by atoms with Crippen LogP contribution >= 0.6 is 0 Å². The van der Waals surface area contributed by atoms with E-state index in [0.717, 1.165) is 0 Å². The summed E-state index contributed by atoms with van der Waals surface area (Å²) < 4.78 is 45.1. The highest BCUT2D eigenvalue weighted by atomic mass is 19.4. The maximum atomic E-state index is 12.0. The highest BCUT2D eigenvalue weighted by Crippen LogP contribution is 2.25. The number of hydrogen-bond acceptors (Lipinski definition) is 4. The van der Waals surface area contributed by atoms with Crippen LogP contribution < -0.4 is 0 Å². The molecule has 4 nitrogen and oxygen atoms in total. The topological polar surface area (TPSA) is 52.6 Å². The van der Waals surface area contributed by atoms with Crippen molar-refractivity contribution in [3.05, 3.63) is 0 Å². The summed E-state index contributed by atoms with van der Waals surface area (Å²) >= 11 is 0. The Balaban J connectivity index is 4.50. The Morgan fingerprint density at radius 1 is 1.06 bits per heavy atom. The van der Waals surface area contributed by atoms with Gasteiger partial charge in [0.15, 0.2) is 5.92 Å². The normalized spacial score (nSPS) is 11.4. The van der Waals surface area contributed by atoms with Crippen LogP contribution in [0, 0.1) is 5.92 Å². The molecule has 0 bridgehead atoms. The zero-order valence-electron chi connectivity index (χ0n) is 9.67. The van der Waals surface area contributed by atoms with E-state index in [0.29, 0.717) is 0 Å². The lowest BCUT2D eigenvalue weighted by atomic mass is 10.0. The largest absolute Gasteiger partial charge is 0.465 e. The Hall–Kier alpha value is -1.27. The Bertz CT molecular complexity index is 245. The van der Waals surface area contributed by atoms with Gasteiger partial charge in [0.05, 0.1) is 13.2 Å². The summed E-state index contributed by atoms with van der Waals surface area (Å²) in [6.45, 7) is 3.01. The Morgan fingerprint density at radius 2 is 1.47 bits per heavy atom. The third-order valence-corrected chi connectivity index (χ3v) is 1.86. The van der Waals surface area contributed by atoms with Gasteiger partial charge in [-0.3, -0.25) is 9.59 Å². The molecular weight excluding hydrogens is 241 g/mol. The summed E-state index contributed by atoms with van der Waals surface area (Å²) in [7, 11) is 0. The van der Waals surface area contributed by atoms with Crippen LogP contribution in [-0.2, 0) is 19.1 Å². The molecule has 0 heterocycles. The van der Waals surface area contributed by atoms with Crippen molar-refractivity contribution in [1.29, 1.82) is 0 Å². The van der Waals surface area contributed by atoms with Gasteiger partial charge >= 0.3 is 18.1 Å². The Kier molecular flexibility index (Phi) is 6.60. The molecule has 100 valence electrons. The number of ether oxygens (including phenoxy) is 2. The average molecular weight is 256 g/mol. The van der Waals surface area contributed by atoms with Gasteiger partial charge in [0.1, 0.15) is 0 Å². The molecule has 0 aromatic heterocycles. The van der Waals surface area contributed by atoms with E-state index in [4.69, 9.17) is 0 Å². The highest BCUT2D eigenvalue weighted by Gasteiger charge is 2.35. The third kappa shape index (κ3) is 6.80. The lowest BCUT2D eigenvalue weighted by molar-refractivity contribution is -0.166. The van der Waals surface area contributed by atoms with Gasteiger partial charge in [-0.25, -0.2) is 0 Å². The lowest BCUT2D eigenvalue weighted by Crippen LogP contribution is -2.29. The molecule has 0 N–H and O–H groups in total.